The third-order valence-corrected chi connectivity index (χ3v) is 6.19. The van der Waals surface area contributed by atoms with Gasteiger partial charge in [0.2, 0.25) is 0 Å². The molecule has 0 atom stereocenters. The van der Waals surface area contributed by atoms with Crippen molar-refractivity contribution in [3.63, 3.8) is 0 Å². The minimum Gasteiger partial charge on any atom is -0.349 e. The van der Waals surface area contributed by atoms with Gasteiger partial charge < -0.3 is 5.32 Å². The Bertz CT molecular complexity index is 514. The molecule has 1 aliphatic heterocycles. The van der Waals surface area contributed by atoms with Gasteiger partial charge in [0.1, 0.15) is 9.88 Å². The van der Waals surface area contributed by atoms with Crippen molar-refractivity contribution in [2.75, 3.05) is 13.1 Å². The molecule has 0 bridgehead atoms. The normalized spacial score (nSPS) is 21.1. The molecule has 0 spiro atoms. The average Bonchev–Trinajstić information content (AvgIpc) is 2.74. The molecule has 1 saturated heterocycles. The number of hydrogen-bond acceptors (Lipinski definition) is 4. The molecule has 0 unspecified atom stereocenters. The first-order valence-corrected chi connectivity index (χ1v) is 10.0. The van der Waals surface area contributed by atoms with Gasteiger partial charge in [-0.25, -0.2) is 4.98 Å². The predicted molar refractivity (Wildman–Crippen MR) is 94.9 cm³/mol. The van der Waals surface area contributed by atoms with E-state index in [4.69, 9.17) is 0 Å². The van der Waals surface area contributed by atoms with Gasteiger partial charge in [-0.3, -0.25) is 9.69 Å². The van der Waals surface area contributed by atoms with E-state index in [9.17, 15) is 4.79 Å². The molecule has 0 aromatic carbocycles. The highest BCUT2D eigenvalue weighted by Crippen LogP contribution is 2.23. The minimum atomic E-state index is 0.0943. The number of aryl methyl sites for hydroxylation is 1. The maximum absolute atomic E-state index is 12.6. The summed E-state index contributed by atoms with van der Waals surface area (Å²) < 4.78 is 0. The van der Waals surface area contributed by atoms with E-state index in [1.165, 1.54) is 58.0 Å². The van der Waals surface area contributed by atoms with Gasteiger partial charge in [-0.2, -0.15) is 0 Å². The molecule has 2 aliphatic rings. The number of carbonyl (C=O) groups is 1. The van der Waals surface area contributed by atoms with Crippen LogP contribution in [-0.2, 0) is 6.54 Å². The molecule has 1 aliphatic carbocycles. The zero-order chi connectivity index (χ0) is 16.1. The fourth-order valence-electron chi connectivity index (χ4n) is 3.71. The van der Waals surface area contributed by atoms with Crippen LogP contribution in [0.5, 0.6) is 0 Å². The monoisotopic (exact) mass is 335 g/mol. The fourth-order valence-corrected chi connectivity index (χ4v) is 4.72. The summed E-state index contributed by atoms with van der Waals surface area (Å²) in [7, 11) is 0. The SMILES string of the molecule is Cc1nc(CN2CCCCC2)sc1C(=O)NC1CCCCCC1. The summed E-state index contributed by atoms with van der Waals surface area (Å²) in [6, 6.07) is 0.358. The quantitative estimate of drug-likeness (QED) is 0.849. The van der Waals surface area contributed by atoms with Crippen LogP contribution in [-0.4, -0.2) is 34.9 Å². The topological polar surface area (TPSA) is 45.2 Å². The lowest BCUT2D eigenvalue weighted by Gasteiger charge is -2.25. The van der Waals surface area contributed by atoms with E-state index < -0.39 is 0 Å². The highest BCUT2D eigenvalue weighted by atomic mass is 32.1. The van der Waals surface area contributed by atoms with Crippen LogP contribution in [0.1, 0.15) is 78.2 Å². The number of aromatic nitrogens is 1. The van der Waals surface area contributed by atoms with Gasteiger partial charge in [0.15, 0.2) is 0 Å². The van der Waals surface area contributed by atoms with Crippen molar-refractivity contribution in [2.45, 2.75) is 77.3 Å². The number of rotatable bonds is 4. The predicted octanol–water partition coefficient (Wildman–Crippen LogP) is 3.89. The van der Waals surface area contributed by atoms with Crippen LogP contribution in [0.15, 0.2) is 0 Å². The molecule has 2 fully saturated rings. The third kappa shape index (κ3) is 4.77. The van der Waals surface area contributed by atoms with Crippen molar-refractivity contribution in [3.8, 4) is 0 Å². The van der Waals surface area contributed by atoms with Gasteiger partial charge in [0.05, 0.1) is 12.2 Å². The molecule has 1 amide bonds. The van der Waals surface area contributed by atoms with E-state index >= 15 is 0 Å². The van der Waals surface area contributed by atoms with E-state index in [-0.39, 0.29) is 5.91 Å². The summed E-state index contributed by atoms with van der Waals surface area (Å²) in [5, 5.41) is 4.34. The number of carbonyl (C=O) groups excluding carboxylic acids is 1. The van der Waals surface area contributed by atoms with Gasteiger partial charge in [0.25, 0.3) is 5.91 Å². The lowest BCUT2D eigenvalue weighted by atomic mass is 10.1. The first-order valence-electron chi connectivity index (χ1n) is 9.22. The Hall–Kier alpha value is -0.940. The lowest BCUT2D eigenvalue weighted by Crippen LogP contribution is -2.34. The smallest absolute Gasteiger partial charge is 0.263 e. The van der Waals surface area contributed by atoms with E-state index in [2.05, 4.69) is 15.2 Å². The molecule has 0 radical (unpaired) electrons. The van der Waals surface area contributed by atoms with Crippen LogP contribution in [0.2, 0.25) is 0 Å². The number of piperidine rings is 1. The highest BCUT2D eigenvalue weighted by molar-refractivity contribution is 7.13. The first-order chi connectivity index (χ1) is 11.2. The van der Waals surface area contributed by atoms with Crippen molar-refractivity contribution in [2.24, 2.45) is 0 Å². The Labute approximate surface area is 143 Å². The standard InChI is InChI=1S/C18H29N3OS/c1-14-17(18(22)20-15-9-5-2-3-6-10-15)23-16(19-14)13-21-11-7-4-8-12-21/h15H,2-13H2,1H3,(H,20,22). The second-order valence-electron chi connectivity index (χ2n) is 7.02. The van der Waals surface area contributed by atoms with Gasteiger partial charge in [0, 0.05) is 6.04 Å². The van der Waals surface area contributed by atoms with Crippen molar-refractivity contribution in [1.82, 2.24) is 15.2 Å². The zero-order valence-corrected chi connectivity index (χ0v) is 15.1. The first kappa shape index (κ1) is 16.9. The zero-order valence-electron chi connectivity index (χ0n) is 14.3. The Morgan fingerprint density at radius 3 is 2.48 bits per heavy atom. The molecule has 3 rings (SSSR count). The van der Waals surface area contributed by atoms with Crippen LogP contribution in [0.3, 0.4) is 0 Å². The van der Waals surface area contributed by atoms with Crippen molar-refractivity contribution in [1.29, 1.82) is 0 Å². The largest absolute Gasteiger partial charge is 0.349 e. The summed E-state index contributed by atoms with van der Waals surface area (Å²) in [4.78, 5) is 20.5. The van der Waals surface area contributed by atoms with Gasteiger partial charge in [-0.1, -0.05) is 32.1 Å². The molecule has 1 aromatic rings. The number of hydrogen-bond donors (Lipinski definition) is 1. The second kappa shape index (κ2) is 8.25. The molecule has 2 heterocycles. The van der Waals surface area contributed by atoms with Crippen LogP contribution < -0.4 is 5.32 Å². The Morgan fingerprint density at radius 2 is 1.78 bits per heavy atom. The molecule has 5 heteroatoms. The molecule has 1 saturated carbocycles. The summed E-state index contributed by atoms with van der Waals surface area (Å²) in [6.07, 6.45) is 11.3. The molecule has 23 heavy (non-hydrogen) atoms. The lowest BCUT2D eigenvalue weighted by molar-refractivity contribution is 0.0936. The van der Waals surface area contributed by atoms with Crippen molar-refractivity contribution < 1.29 is 4.79 Å². The molecule has 1 N–H and O–H groups in total. The van der Waals surface area contributed by atoms with Gasteiger partial charge >= 0.3 is 0 Å². The van der Waals surface area contributed by atoms with Gasteiger partial charge in [-0.15, -0.1) is 11.3 Å². The highest BCUT2D eigenvalue weighted by Gasteiger charge is 2.21. The van der Waals surface area contributed by atoms with Crippen LogP contribution in [0.4, 0.5) is 0 Å². The molecule has 128 valence electrons. The van der Waals surface area contributed by atoms with Gasteiger partial charge in [-0.05, 0) is 45.7 Å². The third-order valence-electron chi connectivity index (χ3n) is 5.05. The van der Waals surface area contributed by atoms with E-state index in [0.717, 1.165) is 35.0 Å². The maximum Gasteiger partial charge on any atom is 0.263 e. The summed E-state index contributed by atoms with van der Waals surface area (Å²) in [5.41, 5.74) is 0.896. The number of likely N-dealkylation sites (tertiary alicyclic amines) is 1. The van der Waals surface area contributed by atoms with E-state index in [0.29, 0.717) is 6.04 Å². The summed E-state index contributed by atoms with van der Waals surface area (Å²) in [6.45, 7) is 5.21. The van der Waals surface area contributed by atoms with E-state index in [1.54, 1.807) is 11.3 Å². The summed E-state index contributed by atoms with van der Waals surface area (Å²) in [5.74, 6) is 0.0943. The Balaban J connectivity index is 1.59. The van der Waals surface area contributed by atoms with Crippen molar-refractivity contribution >= 4 is 17.2 Å². The molecule has 1 aromatic heterocycles. The molecule has 4 nitrogen and oxygen atoms in total. The van der Waals surface area contributed by atoms with E-state index in [1.807, 2.05) is 6.92 Å². The Kier molecular flexibility index (Phi) is 6.06. The van der Waals surface area contributed by atoms with Crippen LogP contribution in [0.25, 0.3) is 0 Å². The van der Waals surface area contributed by atoms with Crippen molar-refractivity contribution in [3.05, 3.63) is 15.6 Å². The minimum absolute atomic E-state index is 0.0943. The molecular formula is C18H29N3OS. The fraction of sp³-hybridized carbons (Fsp3) is 0.778. The number of thiazole rings is 1. The van der Waals surface area contributed by atoms with Crippen LogP contribution in [0, 0.1) is 6.92 Å². The summed E-state index contributed by atoms with van der Waals surface area (Å²) >= 11 is 1.59. The number of nitrogens with zero attached hydrogens (tertiary/aromatic N) is 2. The number of nitrogens with one attached hydrogen (secondary N) is 1. The average molecular weight is 336 g/mol. The molecular weight excluding hydrogens is 306 g/mol. The second-order valence-corrected chi connectivity index (χ2v) is 8.10. The Morgan fingerprint density at radius 1 is 1.13 bits per heavy atom. The maximum atomic E-state index is 12.6. The number of amides is 1. The van der Waals surface area contributed by atoms with Crippen LogP contribution >= 0.6 is 11.3 Å².